The van der Waals surface area contributed by atoms with Crippen LogP contribution in [0.4, 0.5) is 4.79 Å². The van der Waals surface area contributed by atoms with Crippen LogP contribution in [0.25, 0.3) is 0 Å². The highest BCUT2D eigenvalue weighted by Gasteiger charge is 2.27. The van der Waals surface area contributed by atoms with Gasteiger partial charge in [-0.15, -0.1) is 0 Å². The number of rotatable bonds is 5. The first-order valence-corrected chi connectivity index (χ1v) is 6.45. The van der Waals surface area contributed by atoms with Crippen LogP contribution in [0, 0.1) is 0 Å². The minimum atomic E-state index is -0.321. The summed E-state index contributed by atoms with van der Waals surface area (Å²) in [4.78, 5) is 17.0. The zero-order valence-electron chi connectivity index (χ0n) is 10.5. The van der Waals surface area contributed by atoms with Crippen molar-refractivity contribution in [2.75, 3.05) is 20.2 Å². The van der Waals surface area contributed by atoms with Crippen molar-refractivity contribution in [2.24, 2.45) is 4.99 Å². The van der Waals surface area contributed by atoms with Crippen molar-refractivity contribution in [3.63, 3.8) is 0 Å². The second-order valence-electron chi connectivity index (χ2n) is 3.67. The third-order valence-corrected chi connectivity index (χ3v) is 3.79. The van der Waals surface area contributed by atoms with E-state index in [1.54, 1.807) is 25.7 Å². The highest BCUT2D eigenvalue weighted by atomic mass is 32.2. The first kappa shape index (κ1) is 13.9. The van der Waals surface area contributed by atoms with Crippen LogP contribution < -0.4 is 5.32 Å². The largest absolute Gasteiger partial charge is 0.449 e. The summed E-state index contributed by atoms with van der Waals surface area (Å²) in [7, 11) is 1.72. The minimum Gasteiger partial charge on any atom is -0.449 e. The Morgan fingerprint density at radius 2 is 2.41 bits per heavy atom. The van der Waals surface area contributed by atoms with Gasteiger partial charge in [-0.25, -0.2) is 4.79 Å². The van der Waals surface area contributed by atoms with Crippen molar-refractivity contribution in [2.45, 2.75) is 25.6 Å². The van der Waals surface area contributed by atoms with Crippen molar-refractivity contribution in [1.29, 1.82) is 0 Å². The van der Waals surface area contributed by atoms with Crippen molar-refractivity contribution >= 4 is 24.6 Å². The van der Waals surface area contributed by atoms with Crippen molar-refractivity contribution < 1.29 is 9.53 Å². The maximum atomic E-state index is 11.6. The average molecular weight is 257 g/mol. The molecular weight excluding hydrogens is 238 g/mol. The van der Waals surface area contributed by atoms with E-state index in [-0.39, 0.29) is 11.5 Å². The van der Waals surface area contributed by atoms with Crippen LogP contribution in [0.2, 0.25) is 0 Å². The summed E-state index contributed by atoms with van der Waals surface area (Å²) in [5.41, 5.74) is 1.000. The van der Waals surface area contributed by atoms with Crippen LogP contribution in [0.3, 0.4) is 0 Å². The van der Waals surface area contributed by atoms with Gasteiger partial charge in [0.25, 0.3) is 0 Å². The van der Waals surface area contributed by atoms with E-state index in [1.807, 2.05) is 6.92 Å². The average Bonchev–Trinajstić information content (AvgIpc) is 2.67. The quantitative estimate of drug-likeness (QED) is 0.766. The third-order valence-electron chi connectivity index (χ3n) is 2.35. The van der Waals surface area contributed by atoms with E-state index >= 15 is 0 Å². The zero-order chi connectivity index (χ0) is 12.8. The summed E-state index contributed by atoms with van der Waals surface area (Å²) in [6.07, 6.45) is 0.574. The van der Waals surface area contributed by atoms with Gasteiger partial charge in [-0.2, -0.15) is 0 Å². The summed E-state index contributed by atoms with van der Waals surface area (Å²) in [6, 6.07) is 0. The monoisotopic (exact) mass is 257 g/mol. The molecule has 1 amide bonds. The Morgan fingerprint density at radius 3 is 3.00 bits per heavy atom. The van der Waals surface area contributed by atoms with Crippen molar-refractivity contribution in [3.8, 4) is 0 Å². The van der Waals surface area contributed by atoms with E-state index in [1.165, 1.54) is 4.90 Å². The van der Waals surface area contributed by atoms with Crippen molar-refractivity contribution in [3.05, 3.63) is 10.7 Å². The molecule has 1 atom stereocenters. The topological polar surface area (TPSA) is 53.9 Å². The summed E-state index contributed by atoms with van der Waals surface area (Å²) in [6.45, 7) is 8.32. The number of aliphatic imine (C=N–C) groups is 1. The van der Waals surface area contributed by atoms with Crippen molar-refractivity contribution in [1.82, 2.24) is 10.2 Å². The molecule has 1 heterocycles. The maximum Gasteiger partial charge on any atom is 0.414 e. The van der Waals surface area contributed by atoms with Gasteiger partial charge in [0.15, 0.2) is 0 Å². The van der Waals surface area contributed by atoms with Gasteiger partial charge in [-0.05, 0) is 27.0 Å². The minimum absolute atomic E-state index is 0.257. The van der Waals surface area contributed by atoms with E-state index in [0.717, 1.165) is 17.1 Å². The second-order valence-corrected chi connectivity index (χ2v) is 4.87. The molecule has 1 aliphatic rings. The van der Waals surface area contributed by atoms with Crippen LogP contribution in [0.1, 0.15) is 20.3 Å². The van der Waals surface area contributed by atoms with Crippen LogP contribution in [-0.2, 0) is 4.74 Å². The van der Waals surface area contributed by atoms with Crippen LogP contribution >= 0.6 is 11.8 Å². The highest BCUT2D eigenvalue weighted by Crippen LogP contribution is 2.33. The van der Waals surface area contributed by atoms with E-state index < -0.39 is 0 Å². The summed E-state index contributed by atoms with van der Waals surface area (Å²) >= 11 is 1.63. The molecule has 0 aliphatic carbocycles. The lowest BCUT2D eigenvalue weighted by Crippen LogP contribution is -2.26. The predicted octanol–water partition coefficient (Wildman–Crippen LogP) is 2.02. The van der Waals surface area contributed by atoms with Crippen LogP contribution in [0.15, 0.2) is 15.7 Å². The molecule has 17 heavy (non-hydrogen) atoms. The Bertz CT molecular complexity index is 331. The Labute approximate surface area is 106 Å². The van der Waals surface area contributed by atoms with Gasteiger partial charge >= 0.3 is 6.09 Å². The fourth-order valence-corrected chi connectivity index (χ4v) is 2.73. The molecule has 6 heteroatoms. The number of nitrogens with one attached hydrogen (secondary N) is 1. The number of carbonyl (C=O) groups excluding carboxylic acids is 1. The molecule has 1 aliphatic heterocycles. The van der Waals surface area contributed by atoms with Gasteiger partial charge in [0.2, 0.25) is 0 Å². The Morgan fingerprint density at radius 1 is 1.71 bits per heavy atom. The lowest BCUT2D eigenvalue weighted by molar-refractivity contribution is 0.128. The molecule has 0 aromatic heterocycles. The number of hydrogen-bond donors (Lipinski definition) is 1. The molecule has 0 spiro atoms. The van der Waals surface area contributed by atoms with Crippen LogP contribution in [0.5, 0.6) is 0 Å². The standard InChI is InChI=1S/C11H19N3O2S/c1-5-16-11(15)14(4)10-8(2)13-9(17-10)6-7-12-3/h9,13H,3,5-7H2,1-2,4H3. The Kier molecular flexibility index (Phi) is 5.34. The van der Waals surface area contributed by atoms with E-state index in [9.17, 15) is 4.79 Å². The first-order valence-electron chi connectivity index (χ1n) is 5.57. The van der Waals surface area contributed by atoms with E-state index in [4.69, 9.17) is 4.74 Å². The van der Waals surface area contributed by atoms with Gasteiger partial charge in [0.05, 0.1) is 12.0 Å². The Hall–Kier alpha value is -1.17. The number of hydrogen-bond acceptors (Lipinski definition) is 5. The van der Waals surface area contributed by atoms with Gasteiger partial charge in [0.1, 0.15) is 5.03 Å². The molecule has 1 N–H and O–H groups in total. The fraction of sp³-hybridized carbons (Fsp3) is 0.636. The lowest BCUT2D eigenvalue weighted by atomic mass is 10.4. The molecule has 0 saturated carbocycles. The smallest absolute Gasteiger partial charge is 0.414 e. The summed E-state index contributed by atoms with van der Waals surface area (Å²) in [5, 5.41) is 4.49. The van der Waals surface area contributed by atoms with Crippen LogP contribution in [-0.4, -0.2) is 43.3 Å². The molecule has 1 unspecified atom stereocenters. The zero-order valence-corrected chi connectivity index (χ0v) is 11.3. The number of carbonyl (C=O) groups is 1. The first-order chi connectivity index (χ1) is 8.10. The van der Waals surface area contributed by atoms with E-state index in [2.05, 4.69) is 17.0 Å². The van der Waals surface area contributed by atoms with Gasteiger partial charge in [-0.1, -0.05) is 11.8 Å². The van der Waals surface area contributed by atoms with Gasteiger partial charge in [-0.3, -0.25) is 4.90 Å². The molecule has 0 saturated heterocycles. The molecular formula is C11H19N3O2S. The Balaban J connectivity index is 2.56. The third kappa shape index (κ3) is 3.66. The molecule has 5 nitrogen and oxygen atoms in total. The molecule has 96 valence electrons. The molecule has 0 aromatic carbocycles. The molecule has 0 aromatic rings. The van der Waals surface area contributed by atoms with Gasteiger partial charge in [0, 0.05) is 19.3 Å². The van der Waals surface area contributed by atoms with Gasteiger partial charge < -0.3 is 15.0 Å². The highest BCUT2D eigenvalue weighted by molar-refractivity contribution is 8.03. The number of amides is 1. The second kappa shape index (κ2) is 6.54. The number of nitrogens with zero attached hydrogens (tertiary/aromatic N) is 2. The number of allylic oxidation sites excluding steroid dienone is 1. The lowest BCUT2D eigenvalue weighted by Gasteiger charge is -2.17. The molecule has 1 rings (SSSR count). The molecule has 0 fully saturated rings. The maximum absolute atomic E-state index is 11.6. The molecule has 0 bridgehead atoms. The summed E-state index contributed by atoms with van der Waals surface area (Å²) in [5.74, 6) is 0. The molecule has 0 radical (unpaired) electrons. The number of thioether (sulfide) groups is 1. The summed E-state index contributed by atoms with van der Waals surface area (Å²) < 4.78 is 4.96. The van der Waals surface area contributed by atoms with E-state index in [0.29, 0.717) is 13.2 Å². The predicted molar refractivity (Wildman–Crippen MR) is 71.0 cm³/mol. The number of ether oxygens (including phenoxy) is 1. The fourth-order valence-electron chi connectivity index (χ4n) is 1.53. The normalized spacial score (nSPS) is 18.9. The SMILES string of the molecule is C=NCCC1NC(C)=C(N(C)C(=O)OCC)S1.